The van der Waals surface area contributed by atoms with Crippen molar-refractivity contribution in [1.82, 2.24) is 9.45 Å². The largest absolute Gasteiger partial charge is 0.457 e. The lowest BCUT2D eigenvalue weighted by molar-refractivity contribution is 0.173. The third-order valence-corrected chi connectivity index (χ3v) is 5.70. The van der Waals surface area contributed by atoms with E-state index in [1.807, 2.05) is 0 Å². The van der Waals surface area contributed by atoms with E-state index in [1.165, 1.54) is 36.5 Å². The third kappa shape index (κ3) is 4.53. The molecule has 0 amide bonds. The van der Waals surface area contributed by atoms with Gasteiger partial charge in [-0.05, 0) is 67.1 Å². The highest BCUT2D eigenvalue weighted by Crippen LogP contribution is 2.24. The molecule has 0 atom stereocenters. The molecule has 3 rings (SSSR count). The minimum Gasteiger partial charge on any atom is -0.457 e. The summed E-state index contributed by atoms with van der Waals surface area (Å²) in [7, 11) is -3.85. The van der Waals surface area contributed by atoms with Gasteiger partial charge in [-0.15, -0.1) is 0 Å². The molecular formula is C19H17ClN2O5S. The number of halogens is 1. The van der Waals surface area contributed by atoms with E-state index in [2.05, 4.69) is 4.72 Å². The predicted molar refractivity (Wildman–Crippen MR) is 105 cm³/mol. The summed E-state index contributed by atoms with van der Waals surface area (Å²) < 4.78 is 33.4. The maximum absolute atomic E-state index is 12.5. The molecule has 0 aliphatic heterocycles. The fourth-order valence-electron chi connectivity index (χ4n) is 2.45. The summed E-state index contributed by atoms with van der Waals surface area (Å²) in [6, 6.07) is 14.1. The molecule has 0 bridgehead atoms. The van der Waals surface area contributed by atoms with E-state index >= 15 is 0 Å². The van der Waals surface area contributed by atoms with Gasteiger partial charge in [-0.2, -0.15) is 4.73 Å². The van der Waals surface area contributed by atoms with Crippen LogP contribution in [0.25, 0.3) is 0 Å². The van der Waals surface area contributed by atoms with E-state index in [0.29, 0.717) is 26.8 Å². The first-order valence-electron chi connectivity index (χ1n) is 8.20. The van der Waals surface area contributed by atoms with Crippen molar-refractivity contribution in [2.45, 2.75) is 18.4 Å². The molecule has 0 aliphatic carbocycles. The second kappa shape index (κ2) is 8.05. The summed E-state index contributed by atoms with van der Waals surface area (Å²) in [4.78, 5) is 12.0. The molecule has 1 heterocycles. The van der Waals surface area contributed by atoms with Crippen LogP contribution in [0, 0.1) is 6.92 Å². The number of nitrogens with one attached hydrogen (secondary N) is 1. The molecule has 0 radical (unpaired) electrons. The van der Waals surface area contributed by atoms with Crippen LogP contribution in [0.3, 0.4) is 0 Å². The number of hydrogen-bond donors (Lipinski definition) is 2. The Morgan fingerprint density at radius 2 is 1.61 bits per heavy atom. The summed E-state index contributed by atoms with van der Waals surface area (Å²) in [5.74, 6) is 1.03. The SMILES string of the molecule is Cc1ccn(O)c(=O)c1CNS(=O)(=O)c1ccc(Oc2ccc(Cl)cc2)cc1. The van der Waals surface area contributed by atoms with Gasteiger partial charge in [-0.25, -0.2) is 13.1 Å². The number of aromatic nitrogens is 1. The number of benzene rings is 2. The first-order valence-corrected chi connectivity index (χ1v) is 10.1. The molecule has 7 nitrogen and oxygen atoms in total. The summed E-state index contributed by atoms with van der Waals surface area (Å²) in [6.45, 7) is 1.42. The fraction of sp³-hybridized carbons (Fsp3) is 0.105. The van der Waals surface area contributed by atoms with Gasteiger partial charge in [-0.3, -0.25) is 4.79 Å². The van der Waals surface area contributed by atoms with Gasteiger partial charge in [0.05, 0.1) is 4.90 Å². The van der Waals surface area contributed by atoms with Gasteiger partial charge in [0, 0.05) is 23.3 Å². The molecule has 9 heteroatoms. The van der Waals surface area contributed by atoms with Crippen LogP contribution in [0.15, 0.2) is 70.5 Å². The van der Waals surface area contributed by atoms with Gasteiger partial charge in [0.25, 0.3) is 5.56 Å². The molecule has 3 aromatic rings. The van der Waals surface area contributed by atoms with E-state index < -0.39 is 15.6 Å². The Kier molecular flexibility index (Phi) is 5.73. The summed E-state index contributed by atoms with van der Waals surface area (Å²) in [6.07, 6.45) is 1.20. The average Bonchev–Trinajstić information content (AvgIpc) is 2.67. The highest BCUT2D eigenvalue weighted by atomic mass is 35.5. The molecule has 2 aromatic carbocycles. The lowest BCUT2D eigenvalue weighted by Gasteiger charge is -2.10. The van der Waals surface area contributed by atoms with Crippen molar-refractivity contribution < 1.29 is 18.4 Å². The Morgan fingerprint density at radius 1 is 1.04 bits per heavy atom. The Balaban J connectivity index is 1.73. The van der Waals surface area contributed by atoms with Crippen molar-refractivity contribution in [3.63, 3.8) is 0 Å². The number of pyridine rings is 1. The quantitative estimate of drug-likeness (QED) is 0.596. The van der Waals surface area contributed by atoms with Gasteiger partial charge in [0.2, 0.25) is 10.0 Å². The second-order valence-corrected chi connectivity index (χ2v) is 8.18. The van der Waals surface area contributed by atoms with Crippen molar-refractivity contribution in [3.8, 4) is 11.5 Å². The standard InChI is InChI=1S/C19H17ClN2O5S/c1-13-10-11-22(24)19(23)18(13)12-21-28(25,26)17-8-6-16(7-9-17)27-15-4-2-14(20)3-5-15/h2-11,21,24H,12H2,1H3. The molecule has 0 saturated carbocycles. The van der Waals surface area contributed by atoms with Crippen LogP contribution >= 0.6 is 11.6 Å². The van der Waals surface area contributed by atoms with Gasteiger partial charge in [0.1, 0.15) is 11.5 Å². The zero-order chi connectivity index (χ0) is 20.3. The Labute approximate surface area is 166 Å². The highest BCUT2D eigenvalue weighted by Gasteiger charge is 2.16. The van der Waals surface area contributed by atoms with E-state index in [4.69, 9.17) is 16.3 Å². The van der Waals surface area contributed by atoms with Crippen molar-refractivity contribution >= 4 is 21.6 Å². The molecule has 0 aliphatic rings. The molecule has 0 saturated heterocycles. The Morgan fingerprint density at radius 3 is 2.21 bits per heavy atom. The van der Waals surface area contributed by atoms with Crippen molar-refractivity contribution in [1.29, 1.82) is 0 Å². The van der Waals surface area contributed by atoms with E-state index in [1.54, 1.807) is 31.2 Å². The number of aryl methyl sites for hydroxylation is 1. The van der Waals surface area contributed by atoms with Crippen LogP contribution in [0.4, 0.5) is 0 Å². The molecular weight excluding hydrogens is 404 g/mol. The minimum atomic E-state index is -3.85. The van der Waals surface area contributed by atoms with Crippen LogP contribution in [0.5, 0.6) is 11.5 Å². The first kappa shape index (κ1) is 19.9. The van der Waals surface area contributed by atoms with Crippen LogP contribution in [0.2, 0.25) is 5.02 Å². The Bertz CT molecular complexity index is 1140. The lowest BCUT2D eigenvalue weighted by Crippen LogP contribution is -2.30. The maximum Gasteiger partial charge on any atom is 0.287 e. The normalized spacial score (nSPS) is 11.4. The summed E-state index contributed by atoms with van der Waals surface area (Å²) in [5.41, 5.74) is 0.0652. The third-order valence-electron chi connectivity index (χ3n) is 4.03. The summed E-state index contributed by atoms with van der Waals surface area (Å²) >= 11 is 5.82. The zero-order valence-electron chi connectivity index (χ0n) is 14.8. The highest BCUT2D eigenvalue weighted by molar-refractivity contribution is 7.89. The number of hydrogen-bond acceptors (Lipinski definition) is 5. The molecule has 0 spiro atoms. The molecule has 2 N–H and O–H groups in total. The Hall–Kier alpha value is -2.81. The van der Waals surface area contributed by atoms with Crippen molar-refractivity contribution in [3.05, 3.63) is 87.3 Å². The van der Waals surface area contributed by atoms with Crippen molar-refractivity contribution in [2.75, 3.05) is 0 Å². The molecule has 28 heavy (non-hydrogen) atoms. The van der Waals surface area contributed by atoms with Gasteiger partial charge in [0.15, 0.2) is 0 Å². The minimum absolute atomic E-state index is 0.0221. The average molecular weight is 421 g/mol. The molecule has 146 valence electrons. The topological polar surface area (TPSA) is 97.6 Å². The summed E-state index contributed by atoms with van der Waals surface area (Å²) in [5, 5.41) is 10.0. The monoisotopic (exact) mass is 420 g/mol. The number of ether oxygens (including phenoxy) is 1. The lowest BCUT2D eigenvalue weighted by atomic mass is 10.1. The second-order valence-electron chi connectivity index (χ2n) is 5.98. The van der Waals surface area contributed by atoms with Gasteiger partial charge in [-0.1, -0.05) is 11.6 Å². The van der Waals surface area contributed by atoms with E-state index in [0.717, 1.165) is 0 Å². The molecule has 0 fully saturated rings. The first-order chi connectivity index (χ1) is 13.3. The van der Waals surface area contributed by atoms with Gasteiger partial charge >= 0.3 is 0 Å². The van der Waals surface area contributed by atoms with Crippen LogP contribution in [0.1, 0.15) is 11.1 Å². The zero-order valence-corrected chi connectivity index (χ0v) is 16.4. The fourth-order valence-corrected chi connectivity index (χ4v) is 3.57. The van der Waals surface area contributed by atoms with E-state index in [9.17, 15) is 18.4 Å². The van der Waals surface area contributed by atoms with Crippen molar-refractivity contribution in [2.24, 2.45) is 0 Å². The number of nitrogens with zero attached hydrogens (tertiary/aromatic N) is 1. The van der Waals surface area contributed by atoms with E-state index in [-0.39, 0.29) is 17.0 Å². The predicted octanol–water partition coefficient (Wildman–Crippen LogP) is 3.32. The smallest absolute Gasteiger partial charge is 0.287 e. The number of sulfonamides is 1. The van der Waals surface area contributed by atoms with Crippen LogP contribution in [-0.2, 0) is 16.6 Å². The van der Waals surface area contributed by atoms with Crippen LogP contribution < -0.4 is 15.0 Å². The maximum atomic E-state index is 12.5. The molecule has 1 aromatic heterocycles. The molecule has 0 unspecified atom stereocenters. The van der Waals surface area contributed by atoms with Gasteiger partial charge < -0.3 is 9.94 Å². The number of rotatable bonds is 6. The van der Waals surface area contributed by atoms with Crippen LogP contribution in [-0.4, -0.2) is 18.4 Å².